The molecule has 7 heteroatoms. The van der Waals surface area contributed by atoms with Gasteiger partial charge in [-0.3, -0.25) is 4.79 Å². The summed E-state index contributed by atoms with van der Waals surface area (Å²) in [7, 11) is 1.38. The van der Waals surface area contributed by atoms with Crippen molar-refractivity contribution >= 4 is 5.91 Å². The minimum absolute atomic E-state index is 0.374. The smallest absolute Gasteiger partial charge is 0.219 e. The molecule has 1 rings (SSSR count). The molecule has 0 aromatic heterocycles. The second-order valence-electron chi connectivity index (χ2n) is 3.85. The predicted octanol–water partition coefficient (Wildman–Crippen LogP) is -2.74. The van der Waals surface area contributed by atoms with Crippen molar-refractivity contribution in [1.82, 2.24) is 4.90 Å². The fraction of sp³-hybridized carbons (Fsp3) is 0.889. The zero-order chi connectivity index (χ0) is 12.5. The summed E-state index contributed by atoms with van der Waals surface area (Å²) in [6, 6.07) is -1.05. The minimum Gasteiger partial charge on any atom is -0.394 e. The molecule has 16 heavy (non-hydrogen) atoms. The Morgan fingerprint density at radius 3 is 2.31 bits per heavy atom. The van der Waals surface area contributed by atoms with E-state index in [1.165, 1.54) is 14.0 Å². The van der Waals surface area contributed by atoms with E-state index >= 15 is 0 Å². The molecule has 0 radical (unpaired) electrons. The van der Waals surface area contributed by atoms with Crippen molar-refractivity contribution in [2.45, 2.75) is 37.6 Å². The molecule has 1 aliphatic heterocycles. The van der Waals surface area contributed by atoms with Crippen LogP contribution in [0.2, 0.25) is 0 Å². The van der Waals surface area contributed by atoms with Crippen molar-refractivity contribution in [2.75, 3.05) is 13.7 Å². The molecule has 0 spiro atoms. The summed E-state index contributed by atoms with van der Waals surface area (Å²) in [5, 5.41) is 37.7. The highest BCUT2D eigenvalue weighted by molar-refractivity contribution is 5.73. The quantitative estimate of drug-likeness (QED) is 0.413. The van der Waals surface area contributed by atoms with Crippen LogP contribution in [-0.4, -0.2) is 75.5 Å². The third kappa shape index (κ3) is 2.33. The lowest BCUT2D eigenvalue weighted by Gasteiger charge is -2.43. The number of hydrogen-bond acceptors (Lipinski definition) is 6. The lowest BCUT2D eigenvalue weighted by Crippen LogP contribution is -2.64. The van der Waals surface area contributed by atoms with Gasteiger partial charge in [0.25, 0.3) is 0 Å². The van der Waals surface area contributed by atoms with Gasteiger partial charge in [0.1, 0.15) is 24.4 Å². The summed E-state index contributed by atoms with van der Waals surface area (Å²) in [6.07, 6.45) is -5.21. The Morgan fingerprint density at radius 1 is 1.31 bits per heavy atom. The molecule has 5 atom stereocenters. The molecular formula is C9H17NO6. The molecule has 7 nitrogen and oxygen atoms in total. The fourth-order valence-corrected chi connectivity index (χ4v) is 1.71. The van der Waals surface area contributed by atoms with Crippen molar-refractivity contribution in [3.8, 4) is 0 Å². The van der Waals surface area contributed by atoms with Gasteiger partial charge in [-0.15, -0.1) is 0 Å². The standard InChI is InChI=1S/C9H17NO6/c1-4(12)10(2)6-8(14)7(13)5(3-11)16-9(6)15/h5-9,11,13-15H,3H2,1-2H3/t5-,6-,7+,8-,9?/m1/s1. The van der Waals surface area contributed by atoms with Crippen LogP contribution in [0.3, 0.4) is 0 Å². The lowest BCUT2D eigenvalue weighted by molar-refractivity contribution is -0.268. The monoisotopic (exact) mass is 235 g/mol. The highest BCUT2D eigenvalue weighted by Gasteiger charge is 2.46. The third-order valence-corrected chi connectivity index (χ3v) is 2.81. The second-order valence-corrected chi connectivity index (χ2v) is 3.85. The van der Waals surface area contributed by atoms with Crippen molar-refractivity contribution in [3.63, 3.8) is 0 Å². The first kappa shape index (κ1) is 13.3. The summed E-state index contributed by atoms with van der Waals surface area (Å²) in [4.78, 5) is 12.2. The SMILES string of the molecule is CC(=O)N(C)[C@H]1C(O)O[C@H](CO)[C@H](O)[C@@H]1O. The lowest BCUT2D eigenvalue weighted by atomic mass is 9.96. The first-order chi connectivity index (χ1) is 7.40. The average molecular weight is 235 g/mol. The first-order valence-corrected chi connectivity index (χ1v) is 4.94. The minimum atomic E-state index is -1.44. The van der Waals surface area contributed by atoms with Gasteiger partial charge < -0.3 is 30.1 Å². The van der Waals surface area contributed by atoms with Gasteiger partial charge in [0, 0.05) is 14.0 Å². The number of amides is 1. The van der Waals surface area contributed by atoms with Crippen LogP contribution in [0, 0.1) is 0 Å². The fourth-order valence-electron chi connectivity index (χ4n) is 1.71. The molecule has 0 saturated carbocycles. The predicted molar refractivity (Wildman–Crippen MR) is 52.2 cm³/mol. The van der Waals surface area contributed by atoms with E-state index < -0.39 is 37.3 Å². The maximum atomic E-state index is 11.1. The molecule has 1 saturated heterocycles. The van der Waals surface area contributed by atoms with Gasteiger partial charge in [-0.1, -0.05) is 0 Å². The number of likely N-dealkylation sites (N-methyl/N-ethyl adjacent to an activating group) is 1. The molecule has 1 fully saturated rings. The number of hydrogen-bond donors (Lipinski definition) is 4. The van der Waals surface area contributed by atoms with Crippen LogP contribution in [-0.2, 0) is 9.53 Å². The number of ether oxygens (including phenoxy) is 1. The van der Waals surface area contributed by atoms with Gasteiger partial charge in [0.05, 0.1) is 6.61 Å². The second kappa shape index (κ2) is 5.07. The summed E-state index contributed by atoms with van der Waals surface area (Å²) in [5.74, 6) is -0.374. The van der Waals surface area contributed by atoms with Crippen LogP contribution in [0.5, 0.6) is 0 Å². The Bertz CT molecular complexity index is 260. The Balaban J connectivity index is 2.83. The van der Waals surface area contributed by atoms with E-state index in [2.05, 4.69) is 0 Å². The van der Waals surface area contributed by atoms with Crippen molar-refractivity contribution < 1.29 is 30.0 Å². The highest BCUT2D eigenvalue weighted by Crippen LogP contribution is 2.23. The van der Waals surface area contributed by atoms with E-state index in [4.69, 9.17) is 9.84 Å². The van der Waals surface area contributed by atoms with Crippen molar-refractivity contribution in [3.05, 3.63) is 0 Å². The van der Waals surface area contributed by atoms with Gasteiger partial charge in [-0.25, -0.2) is 0 Å². The van der Waals surface area contributed by atoms with Crippen LogP contribution in [0.1, 0.15) is 6.92 Å². The normalized spacial score (nSPS) is 39.5. The molecular weight excluding hydrogens is 218 g/mol. The van der Waals surface area contributed by atoms with E-state index in [-0.39, 0.29) is 5.91 Å². The number of aliphatic hydroxyl groups is 4. The molecule has 1 heterocycles. The molecule has 0 aromatic carbocycles. The Hall–Kier alpha value is -0.730. The highest BCUT2D eigenvalue weighted by atomic mass is 16.6. The molecule has 94 valence electrons. The molecule has 0 aliphatic carbocycles. The van der Waals surface area contributed by atoms with E-state index in [9.17, 15) is 20.1 Å². The number of nitrogens with zero attached hydrogens (tertiary/aromatic N) is 1. The van der Waals surface area contributed by atoms with Crippen molar-refractivity contribution in [1.29, 1.82) is 0 Å². The van der Waals surface area contributed by atoms with Crippen LogP contribution >= 0.6 is 0 Å². The maximum Gasteiger partial charge on any atom is 0.219 e. The van der Waals surface area contributed by atoms with E-state index in [0.29, 0.717) is 0 Å². The summed E-state index contributed by atoms with van der Waals surface area (Å²) in [5.41, 5.74) is 0. The summed E-state index contributed by atoms with van der Waals surface area (Å²) in [6.45, 7) is 0.746. The average Bonchev–Trinajstić information content (AvgIpc) is 2.23. The van der Waals surface area contributed by atoms with Crippen LogP contribution in [0.15, 0.2) is 0 Å². The molecule has 1 unspecified atom stereocenters. The van der Waals surface area contributed by atoms with E-state index in [1.54, 1.807) is 0 Å². The number of carbonyl (C=O) groups excluding carboxylic acids is 1. The zero-order valence-corrected chi connectivity index (χ0v) is 9.15. The topological polar surface area (TPSA) is 110 Å². The Kier molecular flexibility index (Phi) is 4.22. The number of aliphatic hydroxyl groups excluding tert-OH is 4. The molecule has 1 amide bonds. The largest absolute Gasteiger partial charge is 0.394 e. The molecule has 1 aliphatic rings. The van der Waals surface area contributed by atoms with Gasteiger partial charge in [0.15, 0.2) is 6.29 Å². The van der Waals surface area contributed by atoms with Crippen LogP contribution in [0.25, 0.3) is 0 Å². The summed E-state index contributed by atoms with van der Waals surface area (Å²) >= 11 is 0. The van der Waals surface area contributed by atoms with Gasteiger partial charge in [0.2, 0.25) is 5.91 Å². The number of carbonyl (C=O) groups is 1. The van der Waals surface area contributed by atoms with E-state index in [0.717, 1.165) is 4.90 Å². The first-order valence-electron chi connectivity index (χ1n) is 4.94. The third-order valence-electron chi connectivity index (χ3n) is 2.81. The van der Waals surface area contributed by atoms with Crippen LogP contribution < -0.4 is 0 Å². The molecule has 4 N–H and O–H groups in total. The summed E-state index contributed by atoms with van der Waals surface area (Å²) < 4.78 is 4.90. The van der Waals surface area contributed by atoms with E-state index in [1.807, 2.05) is 0 Å². The van der Waals surface area contributed by atoms with Crippen LogP contribution in [0.4, 0.5) is 0 Å². The zero-order valence-electron chi connectivity index (χ0n) is 9.15. The Labute approximate surface area is 92.9 Å². The maximum absolute atomic E-state index is 11.1. The van der Waals surface area contributed by atoms with Gasteiger partial charge >= 0.3 is 0 Å². The van der Waals surface area contributed by atoms with Gasteiger partial charge in [-0.2, -0.15) is 0 Å². The Morgan fingerprint density at radius 2 is 1.88 bits per heavy atom. The number of rotatable bonds is 2. The molecule has 0 aromatic rings. The molecule has 0 bridgehead atoms. The van der Waals surface area contributed by atoms with Gasteiger partial charge in [-0.05, 0) is 0 Å². The van der Waals surface area contributed by atoms with Crippen molar-refractivity contribution in [2.24, 2.45) is 0 Å².